The van der Waals surface area contributed by atoms with Crippen LogP contribution in [0.15, 0.2) is 18.2 Å². The second-order valence-corrected chi connectivity index (χ2v) is 8.45. The minimum atomic E-state index is -4.62. The van der Waals surface area contributed by atoms with E-state index in [-0.39, 0.29) is 18.0 Å². The average molecular weight is 416 g/mol. The second kappa shape index (κ2) is 9.00. The van der Waals surface area contributed by atoms with E-state index in [4.69, 9.17) is 4.74 Å². The van der Waals surface area contributed by atoms with Gasteiger partial charge in [-0.15, -0.1) is 0 Å². The number of nitrogens with one attached hydrogen (secondary N) is 1. The molecular formula is C21H28F4N2O2. The maximum absolute atomic E-state index is 13.5. The third-order valence-electron chi connectivity index (χ3n) is 6.10. The third kappa shape index (κ3) is 5.92. The standard InChI is InChI=1S/C21H28F4N2O2/c1-20(4-6-27(7-5-20)14-15-2-8-29-9-3-15)19(28)26-13-16-10-17(21(23,24)25)12-18(22)11-16/h10-12,15H,2-9,13-14H2,1H3,(H,26,28). The van der Waals surface area contributed by atoms with E-state index in [0.717, 1.165) is 57.8 Å². The maximum Gasteiger partial charge on any atom is 0.416 e. The van der Waals surface area contributed by atoms with Crippen LogP contribution in [0.1, 0.15) is 43.7 Å². The van der Waals surface area contributed by atoms with Gasteiger partial charge in [-0.3, -0.25) is 4.79 Å². The van der Waals surface area contributed by atoms with Gasteiger partial charge < -0.3 is 15.0 Å². The Morgan fingerprint density at radius 1 is 1.21 bits per heavy atom. The van der Waals surface area contributed by atoms with Crippen LogP contribution in [0, 0.1) is 17.2 Å². The van der Waals surface area contributed by atoms with Gasteiger partial charge in [0.2, 0.25) is 5.91 Å². The van der Waals surface area contributed by atoms with Crippen molar-refractivity contribution < 1.29 is 27.1 Å². The summed E-state index contributed by atoms with van der Waals surface area (Å²) in [6.07, 6.45) is -1.09. The number of carbonyl (C=O) groups is 1. The third-order valence-corrected chi connectivity index (χ3v) is 6.10. The van der Waals surface area contributed by atoms with Crippen LogP contribution in [0.2, 0.25) is 0 Å². The molecule has 0 unspecified atom stereocenters. The molecule has 1 aromatic rings. The number of hydrogen-bond acceptors (Lipinski definition) is 3. The molecule has 1 aromatic carbocycles. The molecule has 162 valence electrons. The first kappa shape index (κ1) is 22.0. The first-order chi connectivity index (χ1) is 13.7. The number of benzene rings is 1. The first-order valence-corrected chi connectivity index (χ1v) is 10.1. The van der Waals surface area contributed by atoms with Crippen LogP contribution >= 0.6 is 0 Å². The topological polar surface area (TPSA) is 41.6 Å². The molecule has 0 atom stereocenters. The molecule has 2 aliphatic heterocycles. The number of hydrogen-bond donors (Lipinski definition) is 1. The van der Waals surface area contributed by atoms with E-state index in [1.165, 1.54) is 0 Å². The smallest absolute Gasteiger partial charge is 0.381 e. The first-order valence-electron chi connectivity index (χ1n) is 10.1. The zero-order valence-corrected chi connectivity index (χ0v) is 16.7. The van der Waals surface area contributed by atoms with Crippen molar-refractivity contribution in [2.75, 3.05) is 32.8 Å². The van der Waals surface area contributed by atoms with Crippen LogP contribution < -0.4 is 5.32 Å². The molecule has 3 rings (SSSR count). The fourth-order valence-electron chi connectivity index (χ4n) is 4.06. The predicted molar refractivity (Wildman–Crippen MR) is 101 cm³/mol. The molecule has 2 fully saturated rings. The Kier molecular flexibility index (Phi) is 6.83. The van der Waals surface area contributed by atoms with Gasteiger partial charge in [0.05, 0.1) is 5.56 Å². The van der Waals surface area contributed by atoms with Gasteiger partial charge in [0.1, 0.15) is 5.82 Å². The summed E-state index contributed by atoms with van der Waals surface area (Å²) in [5, 5.41) is 2.70. The van der Waals surface area contributed by atoms with Gasteiger partial charge in [-0.2, -0.15) is 13.2 Å². The van der Waals surface area contributed by atoms with E-state index in [1.54, 1.807) is 0 Å². The summed E-state index contributed by atoms with van der Waals surface area (Å²) in [7, 11) is 0. The highest BCUT2D eigenvalue weighted by Crippen LogP contribution is 2.33. The highest BCUT2D eigenvalue weighted by atomic mass is 19.4. The van der Waals surface area contributed by atoms with Crippen molar-refractivity contribution in [3.05, 3.63) is 35.1 Å². The number of carbonyl (C=O) groups excluding carboxylic acids is 1. The van der Waals surface area contributed by atoms with Gasteiger partial charge in [0.25, 0.3) is 0 Å². The van der Waals surface area contributed by atoms with Crippen LogP contribution in [0.4, 0.5) is 17.6 Å². The Morgan fingerprint density at radius 3 is 2.48 bits per heavy atom. The summed E-state index contributed by atoms with van der Waals surface area (Å²) in [6, 6.07) is 2.36. The summed E-state index contributed by atoms with van der Waals surface area (Å²) in [5.74, 6) is -0.518. The molecular weight excluding hydrogens is 388 g/mol. The summed E-state index contributed by atoms with van der Waals surface area (Å²) < 4.78 is 57.4. The summed E-state index contributed by atoms with van der Waals surface area (Å²) in [4.78, 5) is 15.1. The molecule has 29 heavy (non-hydrogen) atoms. The molecule has 0 spiro atoms. The molecule has 0 saturated carbocycles. The number of likely N-dealkylation sites (tertiary alicyclic amines) is 1. The van der Waals surface area contributed by atoms with Crippen molar-refractivity contribution in [3.8, 4) is 0 Å². The van der Waals surface area contributed by atoms with Crippen LogP contribution in [0.5, 0.6) is 0 Å². The molecule has 0 aromatic heterocycles. The number of amides is 1. The van der Waals surface area contributed by atoms with E-state index in [0.29, 0.717) is 24.8 Å². The molecule has 1 amide bonds. The second-order valence-electron chi connectivity index (χ2n) is 8.45. The van der Waals surface area contributed by atoms with Gasteiger partial charge in [-0.1, -0.05) is 6.92 Å². The number of rotatable bonds is 5. The molecule has 1 N–H and O–H groups in total. The predicted octanol–water partition coefficient (Wildman–Crippen LogP) is 3.99. The lowest BCUT2D eigenvalue weighted by atomic mass is 9.79. The van der Waals surface area contributed by atoms with Crippen molar-refractivity contribution in [1.29, 1.82) is 0 Å². The summed E-state index contributed by atoms with van der Waals surface area (Å²) in [5.41, 5.74) is -1.51. The van der Waals surface area contributed by atoms with Crippen molar-refractivity contribution >= 4 is 5.91 Å². The number of halogens is 4. The SMILES string of the molecule is CC1(C(=O)NCc2cc(F)cc(C(F)(F)F)c2)CCN(CC2CCOCC2)CC1. The van der Waals surface area contributed by atoms with Crippen molar-refractivity contribution in [1.82, 2.24) is 10.2 Å². The minimum Gasteiger partial charge on any atom is -0.381 e. The summed E-state index contributed by atoms with van der Waals surface area (Å²) >= 11 is 0. The molecule has 0 radical (unpaired) electrons. The normalized spacial score (nSPS) is 21.1. The van der Waals surface area contributed by atoms with Gasteiger partial charge in [0, 0.05) is 31.7 Å². The number of nitrogens with zero attached hydrogens (tertiary/aromatic N) is 1. The van der Waals surface area contributed by atoms with Crippen molar-refractivity contribution in [2.45, 2.75) is 45.3 Å². The molecule has 2 saturated heterocycles. The van der Waals surface area contributed by atoms with Crippen LogP contribution in [0.3, 0.4) is 0 Å². The van der Waals surface area contributed by atoms with Gasteiger partial charge >= 0.3 is 6.18 Å². The van der Waals surface area contributed by atoms with E-state index < -0.39 is 23.0 Å². The van der Waals surface area contributed by atoms with Crippen LogP contribution in [0.25, 0.3) is 0 Å². The van der Waals surface area contributed by atoms with Crippen molar-refractivity contribution in [2.24, 2.45) is 11.3 Å². The molecule has 0 aliphatic carbocycles. The Hall–Kier alpha value is -1.67. The van der Waals surface area contributed by atoms with Crippen molar-refractivity contribution in [3.63, 3.8) is 0 Å². The molecule has 0 bridgehead atoms. The Morgan fingerprint density at radius 2 is 1.86 bits per heavy atom. The van der Waals surface area contributed by atoms with Crippen LogP contribution in [-0.2, 0) is 22.3 Å². The zero-order chi connectivity index (χ0) is 21.1. The van der Waals surface area contributed by atoms with Gasteiger partial charge in [-0.05, 0) is 68.5 Å². The number of ether oxygens (including phenoxy) is 1. The van der Waals surface area contributed by atoms with Gasteiger partial charge in [-0.25, -0.2) is 4.39 Å². The average Bonchev–Trinajstić information content (AvgIpc) is 2.68. The lowest BCUT2D eigenvalue weighted by molar-refractivity contribution is -0.137. The van der Waals surface area contributed by atoms with Crippen LogP contribution in [-0.4, -0.2) is 43.7 Å². The maximum atomic E-state index is 13.5. The van der Waals surface area contributed by atoms with E-state index in [2.05, 4.69) is 10.2 Å². The zero-order valence-electron chi connectivity index (χ0n) is 16.7. The fourth-order valence-corrected chi connectivity index (χ4v) is 4.06. The Balaban J connectivity index is 1.51. The van der Waals surface area contributed by atoms with E-state index >= 15 is 0 Å². The molecule has 8 heteroatoms. The monoisotopic (exact) mass is 416 g/mol. The number of alkyl halides is 3. The Bertz CT molecular complexity index is 709. The highest BCUT2D eigenvalue weighted by Gasteiger charge is 2.37. The molecule has 2 aliphatic rings. The quantitative estimate of drug-likeness (QED) is 0.738. The molecule has 2 heterocycles. The number of piperidine rings is 1. The molecule has 4 nitrogen and oxygen atoms in total. The minimum absolute atomic E-state index is 0.103. The van der Waals surface area contributed by atoms with E-state index in [1.807, 2.05) is 6.92 Å². The highest BCUT2D eigenvalue weighted by molar-refractivity contribution is 5.82. The lowest BCUT2D eigenvalue weighted by Gasteiger charge is -2.40. The van der Waals surface area contributed by atoms with Gasteiger partial charge in [0.15, 0.2) is 0 Å². The van der Waals surface area contributed by atoms with E-state index in [9.17, 15) is 22.4 Å². The lowest BCUT2D eigenvalue weighted by Crippen LogP contribution is -2.48. The Labute approximate surface area is 168 Å². The largest absolute Gasteiger partial charge is 0.416 e. The fraction of sp³-hybridized carbons (Fsp3) is 0.667. The summed E-state index contributed by atoms with van der Waals surface area (Å²) in [6.45, 7) is 6.05.